The third kappa shape index (κ3) is 3.00. The van der Waals surface area contributed by atoms with Crippen LogP contribution in [0.15, 0.2) is 48.7 Å². The second kappa shape index (κ2) is 6.14. The van der Waals surface area contributed by atoms with Crippen LogP contribution >= 0.6 is 0 Å². The van der Waals surface area contributed by atoms with Crippen LogP contribution in [0.5, 0.6) is 0 Å². The monoisotopic (exact) mass is 282 g/mol. The van der Waals surface area contributed by atoms with Gasteiger partial charge in [0.1, 0.15) is 5.82 Å². The van der Waals surface area contributed by atoms with Crippen molar-refractivity contribution in [2.75, 3.05) is 36.0 Å². The molecular formula is C17H22N4. The predicted octanol–water partition coefficient (Wildman–Crippen LogP) is 2.43. The normalized spacial score (nSPS) is 16.9. The molecule has 1 aliphatic rings. The molecule has 0 aliphatic carbocycles. The Hall–Kier alpha value is -2.07. The maximum absolute atomic E-state index is 6.09. The summed E-state index contributed by atoms with van der Waals surface area (Å²) in [5.41, 5.74) is 8.59. The lowest BCUT2D eigenvalue weighted by Gasteiger charge is -2.37. The molecule has 3 rings (SSSR count). The van der Waals surface area contributed by atoms with Gasteiger partial charge in [-0.25, -0.2) is 4.98 Å². The number of nitrogens with two attached hydrogens (primary N) is 1. The van der Waals surface area contributed by atoms with Crippen molar-refractivity contribution < 1.29 is 0 Å². The van der Waals surface area contributed by atoms with Gasteiger partial charge in [-0.3, -0.25) is 0 Å². The van der Waals surface area contributed by atoms with E-state index in [9.17, 15) is 0 Å². The molecule has 2 N–H and O–H groups in total. The van der Waals surface area contributed by atoms with Crippen molar-refractivity contribution in [3.8, 4) is 0 Å². The van der Waals surface area contributed by atoms with Crippen LogP contribution in [0.2, 0.25) is 0 Å². The zero-order chi connectivity index (χ0) is 14.7. The lowest BCUT2D eigenvalue weighted by molar-refractivity contribution is 0.642. The molecule has 1 atom stereocenters. The molecule has 0 spiro atoms. The molecule has 4 heteroatoms. The average Bonchev–Trinajstić information content (AvgIpc) is 2.56. The SMILES string of the molecule is C[C@@H](N)c1ccccc1N1CCN(c2ccccn2)CC1. The number of piperazine rings is 1. The summed E-state index contributed by atoms with van der Waals surface area (Å²) in [6.07, 6.45) is 1.85. The Morgan fingerprint density at radius 2 is 1.62 bits per heavy atom. The van der Waals surface area contributed by atoms with Crippen molar-refractivity contribution in [1.82, 2.24) is 4.98 Å². The first-order chi connectivity index (χ1) is 10.3. The number of anilines is 2. The highest BCUT2D eigenvalue weighted by Crippen LogP contribution is 2.26. The smallest absolute Gasteiger partial charge is 0.128 e. The largest absolute Gasteiger partial charge is 0.368 e. The summed E-state index contributed by atoms with van der Waals surface area (Å²) in [6.45, 7) is 6.03. The lowest BCUT2D eigenvalue weighted by Crippen LogP contribution is -2.47. The fourth-order valence-electron chi connectivity index (χ4n) is 2.88. The van der Waals surface area contributed by atoms with Crippen molar-refractivity contribution >= 4 is 11.5 Å². The second-order valence-electron chi connectivity index (χ2n) is 5.51. The van der Waals surface area contributed by atoms with E-state index >= 15 is 0 Å². The van der Waals surface area contributed by atoms with Crippen LogP contribution in [-0.2, 0) is 0 Å². The molecule has 110 valence electrons. The summed E-state index contributed by atoms with van der Waals surface area (Å²) in [6, 6.07) is 14.6. The number of benzene rings is 1. The standard InChI is InChI=1S/C17H22N4/c1-14(18)15-6-2-3-7-16(15)20-10-12-21(13-11-20)17-8-4-5-9-19-17/h2-9,14H,10-13,18H2,1H3/t14-/m1/s1. The summed E-state index contributed by atoms with van der Waals surface area (Å²) in [5, 5.41) is 0. The van der Waals surface area contributed by atoms with Gasteiger partial charge in [-0.15, -0.1) is 0 Å². The highest BCUT2D eigenvalue weighted by Gasteiger charge is 2.20. The van der Waals surface area contributed by atoms with Crippen molar-refractivity contribution in [3.63, 3.8) is 0 Å². The van der Waals surface area contributed by atoms with Gasteiger partial charge in [-0.2, -0.15) is 0 Å². The first-order valence-corrected chi connectivity index (χ1v) is 7.51. The molecular weight excluding hydrogens is 260 g/mol. The summed E-state index contributed by atoms with van der Waals surface area (Å²) < 4.78 is 0. The first-order valence-electron chi connectivity index (χ1n) is 7.51. The minimum absolute atomic E-state index is 0.0648. The van der Waals surface area contributed by atoms with Crippen LogP contribution < -0.4 is 15.5 Å². The highest BCUT2D eigenvalue weighted by atomic mass is 15.3. The fraction of sp³-hybridized carbons (Fsp3) is 0.353. The molecule has 2 heterocycles. The molecule has 4 nitrogen and oxygen atoms in total. The van der Waals surface area contributed by atoms with E-state index < -0.39 is 0 Å². The Kier molecular flexibility index (Phi) is 4.06. The molecule has 0 amide bonds. The average molecular weight is 282 g/mol. The van der Waals surface area contributed by atoms with Gasteiger partial charge in [-0.05, 0) is 30.7 Å². The van der Waals surface area contributed by atoms with Gasteiger partial charge in [0.05, 0.1) is 0 Å². The maximum atomic E-state index is 6.09. The summed E-state index contributed by atoms with van der Waals surface area (Å²) in [7, 11) is 0. The van der Waals surface area contributed by atoms with Crippen molar-refractivity contribution in [2.24, 2.45) is 5.73 Å². The zero-order valence-electron chi connectivity index (χ0n) is 12.4. The van der Waals surface area contributed by atoms with Gasteiger partial charge in [0.25, 0.3) is 0 Å². The molecule has 1 aliphatic heterocycles. The number of hydrogen-bond acceptors (Lipinski definition) is 4. The maximum Gasteiger partial charge on any atom is 0.128 e. The third-order valence-electron chi connectivity index (χ3n) is 4.02. The van der Waals surface area contributed by atoms with Gasteiger partial charge in [0, 0.05) is 44.1 Å². The molecule has 1 aromatic heterocycles. The van der Waals surface area contributed by atoms with E-state index in [1.54, 1.807) is 0 Å². The zero-order valence-corrected chi connectivity index (χ0v) is 12.4. The minimum atomic E-state index is 0.0648. The van der Waals surface area contributed by atoms with E-state index in [1.807, 2.05) is 25.3 Å². The fourth-order valence-corrected chi connectivity index (χ4v) is 2.88. The highest BCUT2D eigenvalue weighted by molar-refractivity contribution is 5.56. The number of nitrogens with zero attached hydrogens (tertiary/aromatic N) is 3. The summed E-state index contributed by atoms with van der Waals surface area (Å²) >= 11 is 0. The van der Waals surface area contributed by atoms with Crippen LogP contribution in [0.3, 0.4) is 0 Å². The predicted molar refractivity (Wildman–Crippen MR) is 87.7 cm³/mol. The first kappa shape index (κ1) is 13.9. The molecule has 2 aromatic rings. The Morgan fingerprint density at radius 1 is 0.952 bits per heavy atom. The number of hydrogen-bond donors (Lipinski definition) is 1. The van der Waals surface area contributed by atoms with Crippen LogP contribution in [0.4, 0.5) is 11.5 Å². The molecule has 0 bridgehead atoms. The third-order valence-corrected chi connectivity index (χ3v) is 4.02. The van der Waals surface area contributed by atoms with Crippen molar-refractivity contribution in [3.05, 3.63) is 54.2 Å². The van der Waals surface area contributed by atoms with Crippen LogP contribution in [0, 0.1) is 0 Å². The Bertz CT molecular complexity index is 574. The second-order valence-corrected chi connectivity index (χ2v) is 5.51. The number of para-hydroxylation sites is 1. The van der Waals surface area contributed by atoms with Crippen LogP contribution in [-0.4, -0.2) is 31.2 Å². The van der Waals surface area contributed by atoms with Crippen molar-refractivity contribution in [1.29, 1.82) is 0 Å². The molecule has 21 heavy (non-hydrogen) atoms. The molecule has 1 aromatic carbocycles. The van der Waals surface area contributed by atoms with Gasteiger partial charge < -0.3 is 15.5 Å². The van der Waals surface area contributed by atoms with E-state index in [-0.39, 0.29) is 6.04 Å². The number of rotatable bonds is 3. The lowest BCUT2D eigenvalue weighted by atomic mass is 10.1. The summed E-state index contributed by atoms with van der Waals surface area (Å²) in [5.74, 6) is 1.07. The molecule has 0 radical (unpaired) electrons. The van der Waals surface area contributed by atoms with E-state index in [1.165, 1.54) is 11.3 Å². The van der Waals surface area contributed by atoms with Crippen LogP contribution in [0.1, 0.15) is 18.5 Å². The van der Waals surface area contributed by atoms with E-state index in [4.69, 9.17) is 5.73 Å². The molecule has 0 unspecified atom stereocenters. The minimum Gasteiger partial charge on any atom is -0.368 e. The van der Waals surface area contributed by atoms with E-state index in [2.05, 4.69) is 45.1 Å². The van der Waals surface area contributed by atoms with Crippen molar-refractivity contribution in [2.45, 2.75) is 13.0 Å². The summed E-state index contributed by atoms with van der Waals surface area (Å²) in [4.78, 5) is 9.20. The number of aromatic nitrogens is 1. The van der Waals surface area contributed by atoms with Gasteiger partial charge in [-0.1, -0.05) is 24.3 Å². The van der Waals surface area contributed by atoms with Gasteiger partial charge in [0.15, 0.2) is 0 Å². The quantitative estimate of drug-likeness (QED) is 0.939. The van der Waals surface area contributed by atoms with Crippen LogP contribution in [0.25, 0.3) is 0 Å². The van der Waals surface area contributed by atoms with Gasteiger partial charge in [0.2, 0.25) is 0 Å². The Labute approximate surface area is 126 Å². The van der Waals surface area contributed by atoms with E-state index in [0.29, 0.717) is 0 Å². The Balaban J connectivity index is 1.72. The Morgan fingerprint density at radius 3 is 2.29 bits per heavy atom. The molecule has 1 fully saturated rings. The number of pyridine rings is 1. The molecule has 1 saturated heterocycles. The topological polar surface area (TPSA) is 45.4 Å². The molecule has 0 saturated carbocycles. The van der Waals surface area contributed by atoms with E-state index in [0.717, 1.165) is 32.0 Å². The van der Waals surface area contributed by atoms with Gasteiger partial charge >= 0.3 is 0 Å².